The topological polar surface area (TPSA) is 52.6 Å². The largest absolute Gasteiger partial charge is 0.367 e. The maximum Gasteiger partial charge on any atom is 0.273 e. The third-order valence-electron chi connectivity index (χ3n) is 4.05. The first-order valence-electron chi connectivity index (χ1n) is 5.11. The molecule has 0 aromatic heterocycles. The first-order valence-corrected chi connectivity index (χ1v) is 6.58. The Bertz CT molecular complexity index is 376. The van der Waals surface area contributed by atoms with E-state index in [2.05, 4.69) is 0 Å². The van der Waals surface area contributed by atoms with Gasteiger partial charge in [0.25, 0.3) is 10.1 Å². The summed E-state index contributed by atoms with van der Waals surface area (Å²) >= 11 is 0. The van der Waals surface area contributed by atoms with Crippen LogP contribution in [0.15, 0.2) is 0 Å². The lowest BCUT2D eigenvalue weighted by molar-refractivity contribution is -0.0165. The molecule has 0 aromatic rings. The van der Waals surface area contributed by atoms with Crippen molar-refractivity contribution in [3.63, 3.8) is 0 Å². The van der Waals surface area contributed by atoms with Crippen molar-refractivity contribution in [1.29, 1.82) is 0 Å². The van der Waals surface area contributed by atoms with Crippen molar-refractivity contribution in [1.82, 2.24) is 0 Å². The van der Waals surface area contributed by atoms with Crippen LogP contribution in [-0.4, -0.2) is 31.5 Å². The molecule has 0 radical (unpaired) electrons. The first-order chi connectivity index (χ1) is 6.51. The van der Waals surface area contributed by atoms with Crippen molar-refractivity contribution in [3.8, 4) is 0 Å². The van der Waals surface area contributed by atoms with Crippen LogP contribution in [0.1, 0.15) is 26.7 Å². The Morgan fingerprint density at radius 3 is 2.79 bits per heavy atom. The molecule has 0 aromatic carbocycles. The van der Waals surface area contributed by atoms with Crippen molar-refractivity contribution >= 4 is 10.1 Å². The summed E-state index contributed by atoms with van der Waals surface area (Å²) in [5, 5.41) is -0.411. The predicted molar refractivity (Wildman–Crippen MR) is 49.3 cm³/mol. The van der Waals surface area contributed by atoms with E-state index in [1.165, 1.54) is 0 Å². The van der Waals surface area contributed by atoms with E-state index in [1.54, 1.807) is 0 Å². The summed E-state index contributed by atoms with van der Waals surface area (Å²) in [5.41, 5.74) is -0.525. The second-order valence-corrected chi connectivity index (χ2v) is 6.30. The van der Waals surface area contributed by atoms with Crippen molar-refractivity contribution in [2.24, 2.45) is 5.92 Å². The van der Waals surface area contributed by atoms with Crippen LogP contribution in [0.5, 0.6) is 0 Å². The van der Waals surface area contributed by atoms with Crippen LogP contribution in [0.25, 0.3) is 0 Å². The Morgan fingerprint density at radius 2 is 2.21 bits per heavy atom. The number of rotatable bonds is 1. The van der Waals surface area contributed by atoms with E-state index in [0.29, 0.717) is 6.42 Å². The molecule has 0 saturated carbocycles. The molecule has 0 aliphatic carbocycles. The van der Waals surface area contributed by atoms with Crippen LogP contribution < -0.4 is 0 Å². The molecular weight excluding hydrogens is 204 g/mol. The molecule has 0 amide bonds. The molecule has 0 spiro atoms. The SMILES string of the molecule is CCC12OC3CC1S(=O)(=O)OC2C3C. The number of ether oxygens (including phenoxy) is 1. The molecular formula is C9H14O4S. The number of fused-ring (bicyclic) bond motifs is 1. The molecule has 2 bridgehead atoms. The van der Waals surface area contributed by atoms with Gasteiger partial charge < -0.3 is 4.74 Å². The van der Waals surface area contributed by atoms with Crippen LogP contribution in [0.3, 0.4) is 0 Å². The lowest BCUT2D eigenvalue weighted by Crippen LogP contribution is -2.45. The summed E-state index contributed by atoms with van der Waals surface area (Å²) in [6.45, 7) is 3.99. The Hall–Kier alpha value is -0.130. The summed E-state index contributed by atoms with van der Waals surface area (Å²) in [4.78, 5) is 0. The van der Waals surface area contributed by atoms with E-state index >= 15 is 0 Å². The minimum atomic E-state index is -3.36. The van der Waals surface area contributed by atoms with E-state index in [0.717, 1.165) is 6.42 Å². The average molecular weight is 218 g/mol. The first kappa shape index (κ1) is 9.12. The minimum absolute atomic E-state index is 0.0854. The molecule has 5 unspecified atom stereocenters. The Labute approximate surface area is 83.7 Å². The van der Waals surface area contributed by atoms with Crippen LogP contribution >= 0.6 is 0 Å². The highest BCUT2D eigenvalue weighted by molar-refractivity contribution is 7.87. The quantitative estimate of drug-likeness (QED) is 0.607. The van der Waals surface area contributed by atoms with Gasteiger partial charge in [0.2, 0.25) is 0 Å². The molecule has 3 fully saturated rings. The van der Waals surface area contributed by atoms with Crippen molar-refractivity contribution in [2.45, 2.75) is 49.7 Å². The molecule has 80 valence electrons. The zero-order valence-corrected chi connectivity index (χ0v) is 9.08. The molecule has 14 heavy (non-hydrogen) atoms. The molecule has 3 aliphatic rings. The fraction of sp³-hybridized carbons (Fsp3) is 1.00. The second kappa shape index (κ2) is 2.33. The Morgan fingerprint density at radius 1 is 1.50 bits per heavy atom. The van der Waals surface area contributed by atoms with E-state index < -0.39 is 21.0 Å². The van der Waals surface area contributed by atoms with Gasteiger partial charge in [-0.15, -0.1) is 0 Å². The monoisotopic (exact) mass is 218 g/mol. The van der Waals surface area contributed by atoms with Crippen molar-refractivity contribution in [2.75, 3.05) is 0 Å². The van der Waals surface area contributed by atoms with Crippen LogP contribution in [0, 0.1) is 5.92 Å². The van der Waals surface area contributed by atoms with Gasteiger partial charge in [0, 0.05) is 5.92 Å². The third kappa shape index (κ3) is 0.763. The highest BCUT2D eigenvalue weighted by Gasteiger charge is 2.72. The van der Waals surface area contributed by atoms with Crippen molar-refractivity contribution in [3.05, 3.63) is 0 Å². The summed E-state index contributed by atoms with van der Waals surface area (Å²) in [6.07, 6.45) is 1.19. The normalized spacial score (nSPS) is 58.1. The smallest absolute Gasteiger partial charge is 0.273 e. The van der Waals surface area contributed by atoms with Gasteiger partial charge in [-0.3, -0.25) is 4.18 Å². The van der Waals surface area contributed by atoms with Gasteiger partial charge in [0.05, 0.1) is 6.10 Å². The van der Waals surface area contributed by atoms with Gasteiger partial charge in [0.15, 0.2) is 0 Å². The molecule has 3 aliphatic heterocycles. The Balaban J connectivity index is 2.16. The summed E-state index contributed by atoms with van der Waals surface area (Å²) in [6, 6.07) is 0. The van der Waals surface area contributed by atoms with E-state index in [4.69, 9.17) is 8.92 Å². The number of hydrogen-bond donors (Lipinski definition) is 0. The maximum atomic E-state index is 11.7. The van der Waals surface area contributed by atoms with E-state index in [9.17, 15) is 8.42 Å². The van der Waals surface area contributed by atoms with Gasteiger partial charge in [-0.2, -0.15) is 8.42 Å². The lowest BCUT2D eigenvalue weighted by atomic mass is 9.78. The third-order valence-corrected chi connectivity index (χ3v) is 5.81. The van der Waals surface area contributed by atoms with Gasteiger partial charge >= 0.3 is 0 Å². The molecule has 4 nitrogen and oxygen atoms in total. The number of hydrogen-bond acceptors (Lipinski definition) is 4. The standard InChI is InChI=1S/C9H14O4S/c1-3-9-7-4-6(12-9)5(2)8(9)13-14(7,10)11/h5-8H,3-4H2,1-2H3. The van der Waals surface area contributed by atoms with Gasteiger partial charge in [-0.25, -0.2) is 0 Å². The van der Waals surface area contributed by atoms with Gasteiger partial charge in [-0.1, -0.05) is 13.8 Å². The molecule has 3 heterocycles. The average Bonchev–Trinajstić information content (AvgIpc) is 2.66. The fourth-order valence-electron chi connectivity index (χ4n) is 3.28. The zero-order chi connectivity index (χ0) is 10.1. The van der Waals surface area contributed by atoms with Gasteiger partial charge in [0.1, 0.15) is 17.0 Å². The van der Waals surface area contributed by atoms with Crippen molar-refractivity contribution < 1.29 is 17.3 Å². The summed E-state index contributed by atoms with van der Waals surface area (Å²) < 4.78 is 34.4. The Kier molecular flexibility index (Phi) is 1.52. The van der Waals surface area contributed by atoms with Crippen LogP contribution in [-0.2, 0) is 19.0 Å². The lowest BCUT2D eigenvalue weighted by Gasteiger charge is -2.27. The zero-order valence-electron chi connectivity index (χ0n) is 8.26. The molecule has 5 atom stereocenters. The fourth-order valence-corrected chi connectivity index (χ4v) is 5.32. The molecule has 3 rings (SSSR count). The minimum Gasteiger partial charge on any atom is -0.367 e. The van der Waals surface area contributed by atoms with Crippen LogP contribution in [0.4, 0.5) is 0 Å². The molecule has 3 saturated heterocycles. The predicted octanol–water partition coefficient (Wildman–Crippen LogP) is 0.671. The van der Waals surface area contributed by atoms with Crippen LogP contribution in [0.2, 0.25) is 0 Å². The van der Waals surface area contributed by atoms with Gasteiger partial charge in [-0.05, 0) is 12.8 Å². The highest BCUT2D eigenvalue weighted by Crippen LogP contribution is 2.57. The second-order valence-electron chi connectivity index (χ2n) is 4.56. The summed E-state index contributed by atoms with van der Waals surface area (Å²) in [7, 11) is -3.36. The maximum absolute atomic E-state index is 11.7. The molecule has 0 N–H and O–H groups in total. The van der Waals surface area contributed by atoms with E-state index in [1.807, 2.05) is 13.8 Å². The van der Waals surface area contributed by atoms with E-state index in [-0.39, 0.29) is 18.1 Å². The highest BCUT2D eigenvalue weighted by atomic mass is 32.2. The summed E-state index contributed by atoms with van der Waals surface area (Å²) in [5.74, 6) is 0.212. The molecule has 5 heteroatoms.